The van der Waals surface area contributed by atoms with E-state index in [4.69, 9.17) is 5.26 Å². The second-order valence-corrected chi connectivity index (χ2v) is 3.89. The van der Waals surface area contributed by atoms with Crippen LogP contribution < -0.4 is 0 Å². The fourth-order valence-electron chi connectivity index (χ4n) is 2.25. The minimum absolute atomic E-state index is 0.531. The molecule has 1 rings (SSSR count). The molecule has 1 fully saturated rings. The first kappa shape index (κ1) is 9.01. The topological polar surface area (TPSA) is 29.5 Å². The van der Waals surface area contributed by atoms with Crippen molar-refractivity contribution in [2.45, 2.75) is 33.1 Å². The quantitative estimate of drug-likeness (QED) is 0.505. The summed E-state index contributed by atoms with van der Waals surface area (Å²) in [6.07, 6.45) is 3.84. The molecule has 0 aromatic heterocycles. The van der Waals surface area contributed by atoms with Crippen molar-refractivity contribution in [2.75, 3.05) is 6.61 Å². The van der Waals surface area contributed by atoms with Crippen LogP contribution in [0.1, 0.15) is 33.1 Å². The zero-order chi connectivity index (χ0) is 8.27. The van der Waals surface area contributed by atoms with E-state index < -0.39 is 0 Å². The van der Waals surface area contributed by atoms with Crippen LogP contribution >= 0.6 is 0 Å². The Hall–Kier alpha value is -0.0800. The van der Waals surface area contributed by atoms with E-state index in [1.165, 1.54) is 19.3 Å². The molecule has 2 atom stereocenters. The Morgan fingerprint density at radius 1 is 1.45 bits per heavy atom. The molecule has 0 heterocycles. The lowest BCUT2D eigenvalue weighted by atomic mass is 9.87. The maximum Gasteiger partial charge on any atom is 0.0850 e. The summed E-state index contributed by atoms with van der Waals surface area (Å²) in [5.74, 6) is 2.10. The van der Waals surface area contributed by atoms with Gasteiger partial charge in [-0.2, -0.15) is 0 Å². The van der Waals surface area contributed by atoms with Crippen molar-refractivity contribution in [3.05, 3.63) is 0 Å². The number of rotatable bonds is 3. The van der Waals surface area contributed by atoms with Gasteiger partial charge in [0.2, 0.25) is 0 Å². The predicted molar refractivity (Wildman–Crippen MR) is 44.2 cm³/mol. The fraction of sp³-hybridized carbons (Fsp3) is 1.00. The summed E-state index contributed by atoms with van der Waals surface area (Å²) in [4.78, 5) is 4.21. The third kappa shape index (κ3) is 2.17. The molecule has 2 unspecified atom stereocenters. The van der Waals surface area contributed by atoms with Gasteiger partial charge < -0.3 is 0 Å². The summed E-state index contributed by atoms with van der Waals surface area (Å²) in [7, 11) is 0. The predicted octanol–water partition coefficient (Wildman–Crippen LogP) is 2.55. The van der Waals surface area contributed by atoms with Gasteiger partial charge in [-0.15, -0.1) is 0 Å². The second kappa shape index (κ2) is 4.07. The van der Waals surface area contributed by atoms with Gasteiger partial charge in [0, 0.05) is 0 Å². The molecule has 0 amide bonds. The van der Waals surface area contributed by atoms with E-state index in [1.54, 1.807) is 0 Å². The van der Waals surface area contributed by atoms with E-state index in [9.17, 15) is 0 Å². The van der Waals surface area contributed by atoms with Crippen LogP contribution in [0.25, 0.3) is 0 Å². The van der Waals surface area contributed by atoms with Crippen LogP contribution in [0.5, 0.6) is 0 Å². The Balaban J connectivity index is 2.37. The van der Waals surface area contributed by atoms with Gasteiger partial charge in [-0.25, -0.2) is 4.89 Å². The molecule has 66 valence electrons. The molecule has 2 heteroatoms. The van der Waals surface area contributed by atoms with Gasteiger partial charge in [-0.05, 0) is 30.6 Å². The van der Waals surface area contributed by atoms with Crippen LogP contribution in [0.2, 0.25) is 0 Å². The lowest BCUT2D eigenvalue weighted by Crippen LogP contribution is -2.18. The molecular weight excluding hydrogens is 140 g/mol. The third-order valence-electron chi connectivity index (χ3n) is 2.86. The number of hydrogen-bond donors (Lipinski definition) is 1. The molecule has 1 N–H and O–H groups in total. The van der Waals surface area contributed by atoms with Gasteiger partial charge in [0.05, 0.1) is 6.61 Å². The Morgan fingerprint density at radius 2 is 2.18 bits per heavy atom. The lowest BCUT2D eigenvalue weighted by molar-refractivity contribution is -0.253. The standard InChI is InChI=1S/C9H18O2/c1-7(2)9-5-3-4-8(9)6-11-10/h7-10H,3-6H2,1-2H3. The van der Waals surface area contributed by atoms with Gasteiger partial charge in [0.1, 0.15) is 0 Å². The highest BCUT2D eigenvalue weighted by molar-refractivity contribution is 4.78. The van der Waals surface area contributed by atoms with E-state index in [0.717, 1.165) is 11.8 Å². The largest absolute Gasteiger partial charge is 0.252 e. The van der Waals surface area contributed by atoms with Crippen molar-refractivity contribution >= 4 is 0 Å². The summed E-state index contributed by atoms with van der Waals surface area (Å²) in [5, 5.41) is 8.33. The van der Waals surface area contributed by atoms with E-state index in [1.807, 2.05) is 0 Å². The van der Waals surface area contributed by atoms with Crippen molar-refractivity contribution in [3.8, 4) is 0 Å². The van der Waals surface area contributed by atoms with Crippen LogP contribution in [-0.4, -0.2) is 11.9 Å². The molecule has 0 aliphatic heterocycles. The molecule has 0 spiro atoms. The normalized spacial score (nSPS) is 31.6. The SMILES string of the molecule is CC(C)C1CCCC1COO. The Bertz CT molecular complexity index is 112. The Labute approximate surface area is 68.5 Å². The molecular formula is C9H18O2. The van der Waals surface area contributed by atoms with Crippen molar-refractivity contribution in [1.82, 2.24) is 0 Å². The molecule has 0 saturated heterocycles. The van der Waals surface area contributed by atoms with Crippen LogP contribution in [0.15, 0.2) is 0 Å². The fourth-order valence-corrected chi connectivity index (χ4v) is 2.25. The molecule has 0 radical (unpaired) electrons. The van der Waals surface area contributed by atoms with Crippen LogP contribution in [0, 0.1) is 17.8 Å². The first-order valence-electron chi connectivity index (χ1n) is 4.52. The monoisotopic (exact) mass is 158 g/mol. The van der Waals surface area contributed by atoms with E-state index in [-0.39, 0.29) is 0 Å². The Kier molecular flexibility index (Phi) is 3.34. The number of hydrogen-bond acceptors (Lipinski definition) is 2. The highest BCUT2D eigenvalue weighted by Gasteiger charge is 2.29. The molecule has 0 aromatic carbocycles. The minimum atomic E-state index is 0.531. The molecule has 0 bridgehead atoms. The van der Waals surface area contributed by atoms with Crippen molar-refractivity contribution in [2.24, 2.45) is 17.8 Å². The maximum absolute atomic E-state index is 8.33. The third-order valence-corrected chi connectivity index (χ3v) is 2.86. The smallest absolute Gasteiger partial charge is 0.0850 e. The summed E-state index contributed by atoms with van der Waals surface area (Å²) in [6, 6.07) is 0. The lowest BCUT2D eigenvalue weighted by Gasteiger charge is -2.21. The van der Waals surface area contributed by atoms with Gasteiger partial charge >= 0.3 is 0 Å². The molecule has 1 saturated carbocycles. The molecule has 1 aliphatic rings. The zero-order valence-electron chi connectivity index (χ0n) is 7.42. The summed E-state index contributed by atoms with van der Waals surface area (Å²) in [5.41, 5.74) is 0. The summed E-state index contributed by atoms with van der Waals surface area (Å²) < 4.78 is 0. The highest BCUT2D eigenvalue weighted by Crippen LogP contribution is 2.36. The van der Waals surface area contributed by atoms with E-state index in [0.29, 0.717) is 12.5 Å². The second-order valence-electron chi connectivity index (χ2n) is 3.89. The highest BCUT2D eigenvalue weighted by atomic mass is 17.1. The first-order valence-corrected chi connectivity index (χ1v) is 4.52. The van der Waals surface area contributed by atoms with Gasteiger partial charge in [-0.1, -0.05) is 20.3 Å². The average Bonchev–Trinajstić information content (AvgIpc) is 2.36. The molecule has 2 nitrogen and oxygen atoms in total. The molecule has 0 aromatic rings. The van der Waals surface area contributed by atoms with Gasteiger partial charge in [-0.3, -0.25) is 5.26 Å². The Morgan fingerprint density at radius 3 is 2.73 bits per heavy atom. The summed E-state index contributed by atoms with van der Waals surface area (Å²) >= 11 is 0. The first-order chi connectivity index (χ1) is 5.25. The molecule has 1 aliphatic carbocycles. The van der Waals surface area contributed by atoms with Crippen molar-refractivity contribution < 1.29 is 10.1 Å². The van der Waals surface area contributed by atoms with Crippen LogP contribution in [0.3, 0.4) is 0 Å². The van der Waals surface area contributed by atoms with Gasteiger partial charge in [0.15, 0.2) is 0 Å². The molecule has 11 heavy (non-hydrogen) atoms. The van der Waals surface area contributed by atoms with Gasteiger partial charge in [0.25, 0.3) is 0 Å². The summed E-state index contributed by atoms with van der Waals surface area (Å²) in [6.45, 7) is 5.03. The van der Waals surface area contributed by atoms with Crippen LogP contribution in [0.4, 0.5) is 0 Å². The van der Waals surface area contributed by atoms with Crippen molar-refractivity contribution in [1.29, 1.82) is 0 Å². The van der Waals surface area contributed by atoms with Crippen LogP contribution in [-0.2, 0) is 4.89 Å². The van der Waals surface area contributed by atoms with E-state index >= 15 is 0 Å². The zero-order valence-corrected chi connectivity index (χ0v) is 7.42. The van der Waals surface area contributed by atoms with E-state index in [2.05, 4.69) is 18.7 Å². The minimum Gasteiger partial charge on any atom is -0.252 e. The average molecular weight is 158 g/mol. The van der Waals surface area contributed by atoms with Crippen molar-refractivity contribution in [3.63, 3.8) is 0 Å². The maximum atomic E-state index is 8.33.